The van der Waals surface area contributed by atoms with Gasteiger partial charge in [-0.15, -0.1) is 10.2 Å². The van der Waals surface area contributed by atoms with Gasteiger partial charge in [0.25, 0.3) is 0 Å². The predicted octanol–water partition coefficient (Wildman–Crippen LogP) is 2.50. The van der Waals surface area contributed by atoms with Gasteiger partial charge in [-0.25, -0.2) is 0 Å². The topological polar surface area (TPSA) is 76.6 Å². The predicted molar refractivity (Wildman–Crippen MR) is 103 cm³/mol. The Morgan fingerprint density at radius 1 is 1.35 bits per heavy atom. The fraction of sp³-hybridized carbons (Fsp3) is 0.471. The van der Waals surface area contributed by atoms with Crippen LogP contribution in [0.1, 0.15) is 12.5 Å². The van der Waals surface area contributed by atoms with Gasteiger partial charge in [-0.05, 0) is 24.6 Å². The van der Waals surface area contributed by atoms with Gasteiger partial charge in [0.15, 0.2) is 4.34 Å². The number of rotatable bonds is 7. The summed E-state index contributed by atoms with van der Waals surface area (Å²) in [7, 11) is 1.65. The van der Waals surface area contributed by atoms with Crippen LogP contribution in [-0.4, -0.2) is 59.7 Å². The molecule has 9 heteroatoms. The van der Waals surface area contributed by atoms with E-state index in [1.165, 1.54) is 23.1 Å². The lowest BCUT2D eigenvalue weighted by atomic mass is 10.2. The summed E-state index contributed by atoms with van der Waals surface area (Å²) in [6.45, 7) is 5.12. The molecule has 1 aromatic carbocycles. The number of carbonyl (C=O) groups is 1. The highest BCUT2D eigenvalue weighted by atomic mass is 32.2. The van der Waals surface area contributed by atoms with Crippen molar-refractivity contribution in [3.63, 3.8) is 0 Å². The maximum absolute atomic E-state index is 12.5. The zero-order valence-corrected chi connectivity index (χ0v) is 16.4. The molecule has 0 radical (unpaired) electrons. The Balaban J connectivity index is 1.49. The lowest BCUT2D eigenvalue weighted by Gasteiger charge is -2.28. The molecule has 0 saturated carbocycles. The van der Waals surface area contributed by atoms with E-state index in [1.807, 2.05) is 36.1 Å². The van der Waals surface area contributed by atoms with E-state index in [9.17, 15) is 4.79 Å². The van der Waals surface area contributed by atoms with E-state index in [0.29, 0.717) is 32.8 Å². The number of thioether (sulfide) groups is 1. The quantitative estimate of drug-likeness (QED) is 0.723. The van der Waals surface area contributed by atoms with Crippen molar-refractivity contribution in [1.29, 1.82) is 0 Å². The highest BCUT2D eigenvalue weighted by Gasteiger charge is 2.24. The Morgan fingerprint density at radius 3 is 2.77 bits per heavy atom. The van der Waals surface area contributed by atoms with Gasteiger partial charge in [0.2, 0.25) is 11.0 Å². The number of aromatic nitrogens is 2. The highest BCUT2D eigenvalue weighted by Crippen LogP contribution is 2.30. The molecule has 1 aliphatic heterocycles. The number of morpholine rings is 1. The van der Waals surface area contributed by atoms with E-state index in [4.69, 9.17) is 9.47 Å². The third kappa shape index (κ3) is 5.09. The number of benzene rings is 1. The first kappa shape index (κ1) is 18.9. The normalized spacial score (nSPS) is 15.5. The molecule has 1 saturated heterocycles. The summed E-state index contributed by atoms with van der Waals surface area (Å²) in [6.07, 6.45) is 0. The summed E-state index contributed by atoms with van der Waals surface area (Å²) in [5.74, 6) is 0.962. The van der Waals surface area contributed by atoms with Gasteiger partial charge in [-0.3, -0.25) is 4.79 Å². The lowest BCUT2D eigenvalue weighted by molar-refractivity contribution is -0.134. The second-order valence-electron chi connectivity index (χ2n) is 5.77. The monoisotopic (exact) mass is 394 g/mol. The summed E-state index contributed by atoms with van der Waals surface area (Å²) in [6, 6.07) is 7.87. The molecule has 2 aromatic rings. The van der Waals surface area contributed by atoms with Gasteiger partial charge >= 0.3 is 0 Å². The van der Waals surface area contributed by atoms with E-state index in [-0.39, 0.29) is 11.2 Å². The Hall–Kier alpha value is -1.84. The summed E-state index contributed by atoms with van der Waals surface area (Å²) in [4.78, 5) is 14.3. The van der Waals surface area contributed by atoms with Gasteiger partial charge in [0.1, 0.15) is 5.75 Å². The lowest BCUT2D eigenvalue weighted by Crippen LogP contribution is -2.44. The molecule has 1 aliphatic rings. The third-order valence-electron chi connectivity index (χ3n) is 3.96. The maximum Gasteiger partial charge on any atom is 0.236 e. The van der Waals surface area contributed by atoms with E-state index in [1.54, 1.807) is 7.11 Å². The van der Waals surface area contributed by atoms with Gasteiger partial charge in [0.05, 0.1) is 25.6 Å². The molecule has 0 bridgehead atoms. The molecule has 0 aliphatic carbocycles. The number of anilines is 1. The first-order valence-electron chi connectivity index (χ1n) is 8.39. The van der Waals surface area contributed by atoms with Crippen molar-refractivity contribution in [2.75, 3.05) is 38.7 Å². The van der Waals surface area contributed by atoms with Gasteiger partial charge < -0.3 is 19.7 Å². The average molecular weight is 395 g/mol. The average Bonchev–Trinajstić information content (AvgIpc) is 3.14. The number of ether oxygens (including phenoxy) is 2. The zero-order valence-electron chi connectivity index (χ0n) is 14.8. The third-order valence-corrected chi connectivity index (χ3v) is 6.01. The van der Waals surface area contributed by atoms with Crippen molar-refractivity contribution < 1.29 is 14.3 Å². The Bertz CT molecular complexity index is 717. The van der Waals surface area contributed by atoms with Crippen LogP contribution in [0.15, 0.2) is 28.6 Å². The summed E-state index contributed by atoms with van der Waals surface area (Å²) in [5, 5.41) is 12.2. The molecule has 1 atom stereocenters. The minimum Gasteiger partial charge on any atom is -0.497 e. The number of methoxy groups -OCH3 is 1. The van der Waals surface area contributed by atoms with Crippen LogP contribution in [0, 0.1) is 0 Å². The van der Waals surface area contributed by atoms with Crippen LogP contribution in [0.5, 0.6) is 5.75 Å². The number of carbonyl (C=O) groups excluding carboxylic acids is 1. The molecule has 1 amide bonds. The van der Waals surface area contributed by atoms with Crippen molar-refractivity contribution in [2.24, 2.45) is 0 Å². The van der Waals surface area contributed by atoms with E-state index < -0.39 is 0 Å². The fourth-order valence-corrected chi connectivity index (χ4v) is 4.47. The molecule has 3 rings (SSSR count). The smallest absolute Gasteiger partial charge is 0.236 e. The van der Waals surface area contributed by atoms with E-state index in [0.717, 1.165) is 20.8 Å². The van der Waals surface area contributed by atoms with Gasteiger partial charge in [0, 0.05) is 19.6 Å². The van der Waals surface area contributed by atoms with Crippen molar-refractivity contribution in [3.05, 3.63) is 29.8 Å². The Labute approximate surface area is 161 Å². The van der Waals surface area contributed by atoms with Crippen LogP contribution in [0.25, 0.3) is 0 Å². The molecule has 1 N–H and O–H groups in total. The van der Waals surface area contributed by atoms with Gasteiger partial charge in [-0.1, -0.05) is 35.2 Å². The highest BCUT2D eigenvalue weighted by molar-refractivity contribution is 8.02. The van der Waals surface area contributed by atoms with Crippen LogP contribution >= 0.6 is 23.1 Å². The molecule has 7 nitrogen and oxygen atoms in total. The molecule has 1 aromatic heterocycles. The van der Waals surface area contributed by atoms with Crippen LogP contribution in [-0.2, 0) is 16.1 Å². The largest absolute Gasteiger partial charge is 0.497 e. The van der Waals surface area contributed by atoms with Crippen LogP contribution in [0.4, 0.5) is 5.13 Å². The number of hydrogen-bond donors (Lipinski definition) is 1. The van der Waals surface area contributed by atoms with Crippen molar-refractivity contribution in [2.45, 2.75) is 23.1 Å². The van der Waals surface area contributed by atoms with Crippen LogP contribution in [0.3, 0.4) is 0 Å². The summed E-state index contributed by atoms with van der Waals surface area (Å²) < 4.78 is 11.2. The second kappa shape index (κ2) is 9.20. The number of amides is 1. The second-order valence-corrected chi connectivity index (χ2v) is 8.34. The van der Waals surface area contributed by atoms with Crippen molar-refractivity contribution in [1.82, 2.24) is 15.1 Å². The van der Waals surface area contributed by atoms with E-state index in [2.05, 4.69) is 15.5 Å². The first-order valence-corrected chi connectivity index (χ1v) is 10.1. The van der Waals surface area contributed by atoms with E-state index >= 15 is 0 Å². The van der Waals surface area contributed by atoms with Crippen LogP contribution < -0.4 is 10.1 Å². The molecular formula is C17H22N4O3S2. The number of hydrogen-bond acceptors (Lipinski definition) is 8. The van der Waals surface area contributed by atoms with Crippen molar-refractivity contribution >= 4 is 34.1 Å². The zero-order chi connectivity index (χ0) is 18.4. The van der Waals surface area contributed by atoms with Gasteiger partial charge in [-0.2, -0.15) is 0 Å². The number of nitrogens with zero attached hydrogens (tertiary/aromatic N) is 3. The molecule has 1 fully saturated rings. The summed E-state index contributed by atoms with van der Waals surface area (Å²) >= 11 is 2.91. The summed E-state index contributed by atoms with van der Waals surface area (Å²) in [5.41, 5.74) is 1.13. The maximum atomic E-state index is 12.5. The molecule has 0 spiro atoms. The first-order chi connectivity index (χ1) is 12.7. The number of nitrogens with one attached hydrogen (secondary N) is 1. The fourth-order valence-electron chi connectivity index (χ4n) is 2.49. The molecule has 140 valence electrons. The minimum atomic E-state index is -0.185. The standard InChI is InChI=1S/C17H22N4O3S2/c1-12(15(22)21-7-9-24-10-8-21)25-17-20-19-16(26-17)18-11-13-3-5-14(23-2)6-4-13/h3-6,12H,7-11H2,1-2H3,(H,18,19). The molecule has 2 heterocycles. The molecular weight excluding hydrogens is 372 g/mol. The molecule has 26 heavy (non-hydrogen) atoms. The van der Waals surface area contributed by atoms with Crippen LogP contribution in [0.2, 0.25) is 0 Å². The van der Waals surface area contributed by atoms with Crippen molar-refractivity contribution in [3.8, 4) is 5.75 Å². The SMILES string of the molecule is COc1ccc(CNc2nnc(SC(C)C(=O)N3CCOCC3)s2)cc1. The molecule has 1 unspecified atom stereocenters. The Morgan fingerprint density at radius 2 is 2.08 bits per heavy atom. The minimum absolute atomic E-state index is 0.126. The Kier molecular flexibility index (Phi) is 6.70.